The molecule has 0 saturated carbocycles. The molecule has 31 nitrogen and oxygen atoms in total. The number of carbonyl (C=O) groups excluding carboxylic acids is 2. The van der Waals surface area contributed by atoms with E-state index in [-0.39, 0.29) is 158 Å². The van der Waals surface area contributed by atoms with E-state index in [1.165, 1.54) is 0 Å². The summed E-state index contributed by atoms with van der Waals surface area (Å²) < 4.78 is 50.7. The zero-order chi connectivity index (χ0) is 68.6. The summed E-state index contributed by atoms with van der Waals surface area (Å²) in [4.78, 5) is 43.5. The summed E-state index contributed by atoms with van der Waals surface area (Å²) in [7, 11) is 0. The number of hydrogen-bond acceptors (Lipinski definition) is 18. The lowest BCUT2D eigenvalue weighted by Gasteiger charge is -2.22. The third kappa shape index (κ3) is 30.0. The molecule has 0 aliphatic carbocycles. The van der Waals surface area contributed by atoms with Gasteiger partial charge in [-0.2, -0.15) is 0 Å². The van der Waals surface area contributed by atoms with E-state index in [0.29, 0.717) is 162 Å². The Bertz CT molecular complexity index is 3020. The third-order valence-electron chi connectivity index (χ3n) is 13.3. The Morgan fingerprint density at radius 1 is 0.362 bits per heavy atom. The molecule has 0 unspecified atom stereocenters. The first-order valence-electron chi connectivity index (χ1n) is 31.0. The van der Waals surface area contributed by atoms with Crippen molar-refractivity contribution in [1.29, 1.82) is 21.6 Å². The van der Waals surface area contributed by atoms with Gasteiger partial charge in [-0.1, -0.05) is 37.1 Å². The number of unbranched alkanes of at least 4 members (excludes halogenated alkanes) is 3. The fourth-order valence-electron chi connectivity index (χ4n) is 9.03. The van der Waals surface area contributed by atoms with E-state index in [9.17, 15) is 9.59 Å². The van der Waals surface area contributed by atoms with Crippen LogP contribution in [0.25, 0.3) is 22.3 Å². The molecule has 0 aliphatic rings. The monoisotopic (exact) mass is 1310 g/mol. The molecule has 4 rings (SSSR count). The lowest BCUT2D eigenvalue weighted by molar-refractivity contribution is -0.122. The van der Waals surface area contributed by atoms with Gasteiger partial charge in [0.2, 0.25) is 11.8 Å². The van der Waals surface area contributed by atoms with Crippen molar-refractivity contribution in [3.05, 3.63) is 71.8 Å². The molecule has 0 spiro atoms. The molecule has 28 N–H and O–H groups in total. The first-order valence-corrected chi connectivity index (χ1v) is 31.0. The zero-order valence-corrected chi connectivity index (χ0v) is 53.8. The van der Waals surface area contributed by atoms with Gasteiger partial charge in [0.25, 0.3) is 0 Å². The van der Waals surface area contributed by atoms with Gasteiger partial charge >= 0.3 is 0 Å². The molecule has 0 saturated heterocycles. The molecular formula is C63H97N21O10. The predicted octanol–water partition coefficient (Wildman–Crippen LogP) is 3.39. The van der Waals surface area contributed by atoms with Crippen LogP contribution in [0.15, 0.2) is 80.6 Å². The number of amides is 2. The number of hydrogen-bond donors (Lipinski definition) is 17. The van der Waals surface area contributed by atoms with Gasteiger partial charge in [-0.15, -0.1) is 0 Å². The van der Waals surface area contributed by atoms with Crippen molar-refractivity contribution in [2.75, 3.05) is 79.0 Å². The molecule has 0 bridgehead atoms. The highest BCUT2D eigenvalue weighted by Crippen LogP contribution is 2.48. The quantitative estimate of drug-likeness (QED) is 0.0171. The maximum atomic E-state index is 13.5. The Labute approximate surface area is 548 Å². The number of nitrogens with two attached hydrogens (primary N) is 11. The summed E-state index contributed by atoms with van der Waals surface area (Å²) in [6, 6.07) is 18.0. The van der Waals surface area contributed by atoms with Gasteiger partial charge in [0.05, 0.1) is 81.8 Å². The summed E-state index contributed by atoms with van der Waals surface area (Å²) in [6.45, 7) is 3.69. The zero-order valence-electron chi connectivity index (χ0n) is 53.8. The highest BCUT2D eigenvalue weighted by Gasteiger charge is 2.25. The van der Waals surface area contributed by atoms with Gasteiger partial charge in [-0.3, -0.25) is 51.2 Å². The minimum absolute atomic E-state index is 0.00684. The number of para-hydroxylation sites is 2. The Balaban J connectivity index is 1.54. The van der Waals surface area contributed by atoms with Crippen molar-refractivity contribution in [1.82, 2.24) is 10.6 Å². The molecule has 0 radical (unpaired) electrons. The summed E-state index contributed by atoms with van der Waals surface area (Å²) in [6.07, 6.45) is 5.86. The van der Waals surface area contributed by atoms with E-state index in [1.807, 2.05) is 24.3 Å². The highest BCUT2D eigenvalue weighted by molar-refractivity contribution is 5.84. The normalized spacial score (nSPS) is 10.9. The lowest BCUT2D eigenvalue weighted by Crippen LogP contribution is -2.24. The van der Waals surface area contributed by atoms with Crippen LogP contribution in [0.2, 0.25) is 0 Å². The smallest absolute Gasteiger partial charge is 0.220 e. The second-order valence-corrected chi connectivity index (χ2v) is 21.4. The van der Waals surface area contributed by atoms with Crippen LogP contribution in [0.5, 0.6) is 46.0 Å². The molecule has 94 heavy (non-hydrogen) atoms. The number of benzene rings is 4. The molecule has 0 aliphatic heterocycles. The van der Waals surface area contributed by atoms with Crippen LogP contribution in [-0.4, -0.2) is 138 Å². The first-order chi connectivity index (χ1) is 45.1. The maximum absolute atomic E-state index is 13.5. The molecule has 0 atom stereocenters. The van der Waals surface area contributed by atoms with Gasteiger partial charge in [0.15, 0.2) is 63.9 Å². The molecule has 514 valence electrons. The van der Waals surface area contributed by atoms with Crippen LogP contribution >= 0.6 is 0 Å². The average molecular weight is 1310 g/mol. The second-order valence-electron chi connectivity index (χ2n) is 21.4. The van der Waals surface area contributed by atoms with Gasteiger partial charge in [0, 0.05) is 73.9 Å². The molecule has 0 aromatic heterocycles. The number of ether oxygens (including phenoxy) is 8. The van der Waals surface area contributed by atoms with Crippen molar-refractivity contribution in [2.24, 2.45) is 83.0 Å². The Hall–Kier alpha value is -10.6. The van der Waals surface area contributed by atoms with E-state index < -0.39 is 0 Å². The number of guanidine groups is 3. The molecule has 0 heterocycles. The van der Waals surface area contributed by atoms with Gasteiger partial charge < -0.3 is 112 Å². The van der Waals surface area contributed by atoms with E-state index in [1.54, 1.807) is 43.3 Å². The summed E-state index contributed by atoms with van der Waals surface area (Å²) in [5.74, 6) is 2.58. The average Bonchev–Trinajstić information content (AvgIpc) is 0.795. The predicted molar refractivity (Wildman–Crippen MR) is 368 cm³/mol. The van der Waals surface area contributed by atoms with Crippen LogP contribution in [0.1, 0.15) is 108 Å². The van der Waals surface area contributed by atoms with E-state index in [4.69, 9.17) is 123 Å². The Morgan fingerprint density at radius 3 is 1.01 bits per heavy atom. The summed E-state index contributed by atoms with van der Waals surface area (Å²) in [5, 5.41) is 37.1. The summed E-state index contributed by atoms with van der Waals surface area (Å²) >= 11 is 0. The van der Waals surface area contributed by atoms with Crippen molar-refractivity contribution in [2.45, 2.75) is 110 Å². The Kier molecular flexibility index (Phi) is 34.2. The van der Waals surface area contributed by atoms with Crippen molar-refractivity contribution < 1.29 is 47.5 Å². The van der Waals surface area contributed by atoms with E-state index >= 15 is 0 Å². The van der Waals surface area contributed by atoms with Crippen LogP contribution in [0.4, 0.5) is 0 Å². The minimum Gasteiger partial charge on any atom is -0.490 e. The largest absolute Gasteiger partial charge is 0.490 e. The molecule has 2 amide bonds. The molecule has 4 aromatic rings. The van der Waals surface area contributed by atoms with Crippen molar-refractivity contribution in [3.8, 4) is 68.2 Å². The van der Waals surface area contributed by atoms with E-state index in [2.05, 4.69) is 30.6 Å². The van der Waals surface area contributed by atoms with Crippen molar-refractivity contribution in [3.63, 3.8) is 0 Å². The molecule has 0 fully saturated rings. The number of rotatable bonds is 49. The van der Waals surface area contributed by atoms with E-state index in [0.717, 1.165) is 0 Å². The fraction of sp³-hybridized carbons (Fsp3) is 0.460. The topological polar surface area (TPSA) is 563 Å². The molecule has 4 aromatic carbocycles. The van der Waals surface area contributed by atoms with Crippen LogP contribution in [0, 0.1) is 21.6 Å². The van der Waals surface area contributed by atoms with Crippen LogP contribution < -0.4 is 112 Å². The number of nitrogens with one attached hydrogen (secondary N) is 6. The first kappa shape index (κ1) is 75.8. The minimum atomic E-state index is -0.197. The Morgan fingerprint density at radius 2 is 0.670 bits per heavy atom. The third-order valence-corrected chi connectivity index (χ3v) is 13.3. The van der Waals surface area contributed by atoms with Gasteiger partial charge in [-0.05, 0) is 93.0 Å². The number of nitrogens with zero attached hydrogens (tertiary/aromatic N) is 4. The number of carbonyl (C=O) groups is 2. The highest BCUT2D eigenvalue weighted by atomic mass is 16.5. The second kappa shape index (κ2) is 42.4. The standard InChI is InChI=1S/C63H97N21O10/c1-40(64)79-22-32-93-59-45(43-12-6-14-47(89-30-23-80-61(73)74)57(43)91-28-10-18-53(69)70)34-41(36-49(59)87-26-8-16-51(65)66)38-83-55(85)20-4-2-3-5-21-56(86)84-39-42-35-46(60(94-33-25-82-63(77)78)50(37-42)88-27-9-17-52(67)68)44-13-7-15-48(90-31-24-81-62(75)76)58(44)92-29-11-19-54(71)72/h6-7,12-15,34-37H,2-5,8-11,16-33,38-39H2,1H3,(H2,64,79)(H3,65,66)(H3,67,68)(H3,69,70)(H3,71,72)(H,83,85)(H,84,86)(H4,73,74,80)(H4,75,76,81)(H4,77,78,82). The number of aliphatic imine (C=N–C) groups is 4. The SMILES string of the molecule is CC(N)=NCCOc1c(OCCCC(=N)N)cc(CNC(=O)CCCCCCC(=O)NCc2cc(OCCCC(=N)N)c(OCCN=C(N)N)c(-c3cccc(OCCN=C(N)N)c3OCCCC(=N)N)c2)cc1-c1cccc(OCCN=C(N)N)c1OCCCC(=N)N. The van der Waals surface area contributed by atoms with Gasteiger partial charge in [0.1, 0.15) is 26.4 Å². The molecule has 31 heteroatoms. The van der Waals surface area contributed by atoms with Crippen LogP contribution in [0.3, 0.4) is 0 Å². The van der Waals surface area contributed by atoms with Crippen LogP contribution in [-0.2, 0) is 22.7 Å². The summed E-state index contributed by atoms with van der Waals surface area (Å²) in [5.41, 5.74) is 65.6. The maximum Gasteiger partial charge on any atom is 0.220 e. The molecular weight excluding hydrogens is 1210 g/mol. The number of amidine groups is 5. The van der Waals surface area contributed by atoms with Gasteiger partial charge in [-0.25, -0.2) is 0 Å². The lowest BCUT2D eigenvalue weighted by atomic mass is 9.99. The van der Waals surface area contributed by atoms with Crippen molar-refractivity contribution >= 4 is 58.9 Å². The fourth-order valence-corrected chi connectivity index (χ4v) is 9.03.